The van der Waals surface area contributed by atoms with Crippen molar-refractivity contribution in [3.8, 4) is 5.75 Å². The molecule has 4 aliphatic rings. The number of amides is 1. The number of halogens is 2. The van der Waals surface area contributed by atoms with Crippen molar-refractivity contribution in [1.82, 2.24) is 5.32 Å². The van der Waals surface area contributed by atoms with E-state index >= 15 is 0 Å². The molecule has 3 nitrogen and oxygen atoms in total. The maximum absolute atomic E-state index is 12.4. The summed E-state index contributed by atoms with van der Waals surface area (Å²) in [6.07, 6.45) is 10.7. The molecule has 134 valence electrons. The first-order valence-electron chi connectivity index (χ1n) is 9.05. The van der Waals surface area contributed by atoms with Gasteiger partial charge in [0.1, 0.15) is 5.75 Å². The van der Waals surface area contributed by atoms with Crippen LogP contribution in [0, 0.1) is 17.8 Å². The van der Waals surface area contributed by atoms with Crippen molar-refractivity contribution in [1.29, 1.82) is 0 Å². The van der Waals surface area contributed by atoms with Crippen LogP contribution in [0.1, 0.15) is 44.1 Å². The minimum atomic E-state index is -2.83. The third kappa shape index (κ3) is 3.70. The number of hydrogen-bond donors (Lipinski definition) is 1. The van der Waals surface area contributed by atoms with E-state index in [2.05, 4.69) is 10.1 Å². The van der Waals surface area contributed by atoms with Gasteiger partial charge >= 0.3 is 6.61 Å². The third-order valence-electron chi connectivity index (χ3n) is 5.96. The van der Waals surface area contributed by atoms with Crippen molar-refractivity contribution < 1.29 is 18.3 Å². The Morgan fingerprint density at radius 1 is 1.08 bits per heavy atom. The summed E-state index contributed by atoms with van der Waals surface area (Å²) in [4.78, 5) is 12.4. The third-order valence-corrected chi connectivity index (χ3v) is 5.96. The summed E-state index contributed by atoms with van der Waals surface area (Å²) in [6.45, 7) is -2.83. The van der Waals surface area contributed by atoms with E-state index in [0.29, 0.717) is 0 Å². The van der Waals surface area contributed by atoms with Crippen molar-refractivity contribution in [3.63, 3.8) is 0 Å². The molecule has 0 unspecified atom stereocenters. The molecule has 0 aromatic heterocycles. The summed E-state index contributed by atoms with van der Waals surface area (Å²) in [5.74, 6) is 2.42. The average Bonchev–Trinajstić information content (AvgIpc) is 2.52. The second kappa shape index (κ2) is 6.43. The molecule has 0 radical (unpaired) electrons. The molecule has 0 spiro atoms. The molecule has 5 rings (SSSR count). The standard InChI is InChI=1S/C20H23F2NO2/c21-19(22)25-17-4-1-13(2-5-17)3-6-18(24)23-20-10-14-7-15(11-20)9-16(8-14)12-20/h1-6,14-16,19H,7-12H2,(H,23,24)/b6-3+. The highest BCUT2D eigenvalue weighted by molar-refractivity contribution is 5.92. The van der Waals surface area contributed by atoms with E-state index in [1.807, 2.05) is 0 Å². The van der Waals surface area contributed by atoms with Crippen molar-refractivity contribution in [2.24, 2.45) is 17.8 Å². The molecule has 5 heteroatoms. The molecular formula is C20H23F2NO2. The Bertz CT molecular complexity index is 633. The highest BCUT2D eigenvalue weighted by Crippen LogP contribution is 2.55. The van der Waals surface area contributed by atoms with Gasteiger partial charge in [-0.2, -0.15) is 8.78 Å². The molecule has 0 heterocycles. The lowest BCUT2D eigenvalue weighted by Gasteiger charge is -2.56. The summed E-state index contributed by atoms with van der Waals surface area (Å²) >= 11 is 0. The van der Waals surface area contributed by atoms with E-state index in [-0.39, 0.29) is 17.2 Å². The van der Waals surface area contributed by atoms with Gasteiger partial charge in [-0.3, -0.25) is 4.79 Å². The largest absolute Gasteiger partial charge is 0.435 e. The number of ether oxygens (including phenoxy) is 1. The predicted molar refractivity (Wildman–Crippen MR) is 91.2 cm³/mol. The number of alkyl halides is 2. The average molecular weight is 347 g/mol. The fourth-order valence-corrected chi connectivity index (χ4v) is 5.50. The van der Waals surface area contributed by atoms with Crippen LogP contribution >= 0.6 is 0 Å². The molecule has 25 heavy (non-hydrogen) atoms. The molecule has 4 aliphatic carbocycles. The molecule has 1 N–H and O–H groups in total. The van der Waals surface area contributed by atoms with E-state index < -0.39 is 6.61 Å². The number of nitrogens with one attached hydrogen (secondary N) is 1. The quantitative estimate of drug-likeness (QED) is 0.803. The minimum Gasteiger partial charge on any atom is -0.435 e. The first-order chi connectivity index (χ1) is 12.0. The van der Waals surface area contributed by atoms with Crippen LogP contribution in [0.5, 0.6) is 5.75 Å². The molecule has 4 bridgehead atoms. The molecule has 1 aromatic carbocycles. The normalized spacial score (nSPS) is 33.2. The first kappa shape index (κ1) is 16.6. The number of carbonyl (C=O) groups is 1. The molecule has 1 aromatic rings. The van der Waals surface area contributed by atoms with Crippen LogP contribution in [0.2, 0.25) is 0 Å². The highest BCUT2D eigenvalue weighted by atomic mass is 19.3. The molecular weight excluding hydrogens is 324 g/mol. The van der Waals surface area contributed by atoms with Crippen LogP contribution in [-0.2, 0) is 4.79 Å². The zero-order valence-corrected chi connectivity index (χ0v) is 14.1. The smallest absolute Gasteiger partial charge is 0.387 e. The molecule has 4 saturated carbocycles. The van der Waals surface area contributed by atoms with Crippen LogP contribution in [0.15, 0.2) is 30.3 Å². The van der Waals surface area contributed by atoms with Crippen molar-refractivity contribution in [2.45, 2.75) is 50.7 Å². The van der Waals surface area contributed by atoms with E-state index in [4.69, 9.17) is 0 Å². The Labute approximate surface area is 146 Å². The number of carbonyl (C=O) groups excluding carboxylic acids is 1. The molecule has 4 fully saturated rings. The van der Waals surface area contributed by atoms with Gasteiger partial charge in [0.25, 0.3) is 0 Å². The summed E-state index contributed by atoms with van der Waals surface area (Å²) < 4.78 is 28.6. The van der Waals surface area contributed by atoms with Gasteiger partial charge in [0, 0.05) is 11.6 Å². The zero-order chi connectivity index (χ0) is 17.4. The summed E-state index contributed by atoms with van der Waals surface area (Å²) in [6, 6.07) is 6.27. The number of hydrogen-bond acceptors (Lipinski definition) is 2. The lowest BCUT2D eigenvalue weighted by Crippen LogP contribution is -2.59. The van der Waals surface area contributed by atoms with Crippen molar-refractivity contribution in [2.75, 3.05) is 0 Å². The Hall–Kier alpha value is -1.91. The van der Waals surface area contributed by atoms with Gasteiger partial charge in [0.2, 0.25) is 5.91 Å². The SMILES string of the molecule is O=C(/C=C/c1ccc(OC(F)F)cc1)NC12CC3CC(CC(C3)C1)C2. The lowest BCUT2D eigenvalue weighted by atomic mass is 9.53. The summed E-state index contributed by atoms with van der Waals surface area (Å²) in [5.41, 5.74) is 0.785. The Balaban J connectivity index is 1.36. The lowest BCUT2D eigenvalue weighted by molar-refractivity contribution is -0.122. The second-order valence-electron chi connectivity index (χ2n) is 7.97. The van der Waals surface area contributed by atoms with Gasteiger partial charge < -0.3 is 10.1 Å². The van der Waals surface area contributed by atoms with Gasteiger partial charge in [0.15, 0.2) is 0 Å². The fraction of sp³-hybridized carbons (Fsp3) is 0.550. The Morgan fingerprint density at radius 2 is 1.64 bits per heavy atom. The second-order valence-corrected chi connectivity index (χ2v) is 7.97. The summed E-state index contributed by atoms with van der Waals surface area (Å²) in [5, 5.41) is 3.28. The van der Waals surface area contributed by atoms with E-state index in [1.54, 1.807) is 24.3 Å². The van der Waals surface area contributed by atoms with Crippen LogP contribution in [-0.4, -0.2) is 18.1 Å². The van der Waals surface area contributed by atoms with E-state index in [0.717, 1.165) is 42.6 Å². The van der Waals surface area contributed by atoms with Crippen LogP contribution in [0.25, 0.3) is 6.08 Å². The van der Waals surface area contributed by atoms with Crippen molar-refractivity contribution >= 4 is 12.0 Å². The molecule has 1 amide bonds. The van der Waals surface area contributed by atoms with Crippen molar-refractivity contribution in [3.05, 3.63) is 35.9 Å². The number of benzene rings is 1. The monoisotopic (exact) mass is 347 g/mol. The van der Waals surface area contributed by atoms with Gasteiger partial charge in [-0.05, 0) is 80.1 Å². The van der Waals surface area contributed by atoms with Gasteiger partial charge in [-0.25, -0.2) is 0 Å². The van der Waals surface area contributed by atoms with Gasteiger partial charge in [0.05, 0.1) is 0 Å². The maximum Gasteiger partial charge on any atom is 0.387 e. The van der Waals surface area contributed by atoms with Crippen LogP contribution < -0.4 is 10.1 Å². The Kier molecular flexibility index (Phi) is 4.26. The topological polar surface area (TPSA) is 38.3 Å². The van der Waals surface area contributed by atoms with Crippen LogP contribution in [0.3, 0.4) is 0 Å². The fourth-order valence-electron chi connectivity index (χ4n) is 5.50. The van der Waals surface area contributed by atoms with E-state index in [1.165, 1.54) is 31.4 Å². The van der Waals surface area contributed by atoms with Crippen LogP contribution in [0.4, 0.5) is 8.78 Å². The first-order valence-corrected chi connectivity index (χ1v) is 9.05. The molecule has 0 saturated heterocycles. The predicted octanol–water partition coefficient (Wildman–Crippen LogP) is 4.39. The zero-order valence-electron chi connectivity index (χ0n) is 14.1. The molecule has 0 aliphatic heterocycles. The molecule has 0 atom stereocenters. The maximum atomic E-state index is 12.4. The van der Waals surface area contributed by atoms with Gasteiger partial charge in [-0.1, -0.05) is 12.1 Å². The Morgan fingerprint density at radius 3 is 2.16 bits per heavy atom. The number of rotatable bonds is 5. The summed E-state index contributed by atoms with van der Waals surface area (Å²) in [7, 11) is 0. The minimum absolute atomic E-state index is 0.00509. The van der Waals surface area contributed by atoms with E-state index in [9.17, 15) is 13.6 Å². The van der Waals surface area contributed by atoms with Gasteiger partial charge in [-0.15, -0.1) is 0 Å². The highest BCUT2D eigenvalue weighted by Gasteiger charge is 2.51.